The average Bonchev–Trinajstić information content (AvgIpc) is 2.95. The maximum atomic E-state index is 11.6. The highest BCUT2D eigenvalue weighted by Crippen LogP contribution is 2.35. The smallest absolute Gasteiger partial charge is 0.305 e. The number of esters is 1. The minimum absolute atomic E-state index is 0.00253. The highest BCUT2D eigenvalue weighted by atomic mass is 32.2. The molecule has 0 radical (unpaired) electrons. The minimum Gasteiger partial charge on any atom is -0.469 e. The van der Waals surface area contributed by atoms with Gasteiger partial charge in [0.1, 0.15) is 0 Å². The van der Waals surface area contributed by atoms with Crippen LogP contribution in [-0.2, 0) is 19.6 Å². The van der Waals surface area contributed by atoms with Crippen molar-refractivity contribution in [1.29, 1.82) is 0 Å². The van der Waals surface area contributed by atoms with Crippen molar-refractivity contribution in [3.05, 3.63) is 0 Å². The molecular formula is C11H21NO4S. The summed E-state index contributed by atoms with van der Waals surface area (Å²) in [4.78, 5) is 10.8. The summed E-state index contributed by atoms with van der Waals surface area (Å²) in [5.41, 5.74) is 0. The molecular weight excluding hydrogens is 242 g/mol. The summed E-state index contributed by atoms with van der Waals surface area (Å²) in [6.07, 6.45) is 3.58. The minimum atomic E-state index is -3.23. The highest BCUT2D eigenvalue weighted by molar-refractivity contribution is 7.89. The molecule has 1 N–H and O–H groups in total. The predicted octanol–water partition coefficient (Wildman–Crippen LogP) is 1.05. The Balaban J connectivity index is 2.21. The molecule has 0 saturated heterocycles. The first kappa shape index (κ1) is 14.4. The molecule has 2 atom stereocenters. The summed E-state index contributed by atoms with van der Waals surface area (Å²) in [6.45, 7) is 2.10. The molecule has 0 aromatic carbocycles. The quantitative estimate of drug-likeness (QED) is 0.664. The zero-order valence-electron chi connectivity index (χ0n) is 10.4. The number of methoxy groups -OCH3 is 1. The Morgan fingerprint density at radius 2 is 2.18 bits per heavy atom. The predicted molar refractivity (Wildman–Crippen MR) is 65.0 cm³/mol. The van der Waals surface area contributed by atoms with Crippen molar-refractivity contribution in [2.75, 3.05) is 12.9 Å². The third-order valence-corrected chi connectivity index (χ3v) is 4.42. The lowest BCUT2D eigenvalue weighted by atomic mass is 10.2. The molecule has 100 valence electrons. The van der Waals surface area contributed by atoms with Gasteiger partial charge in [0.2, 0.25) is 10.0 Å². The Kier molecular flexibility index (Phi) is 5.39. The van der Waals surface area contributed by atoms with Crippen LogP contribution in [0.25, 0.3) is 0 Å². The Morgan fingerprint density at radius 3 is 2.76 bits per heavy atom. The van der Waals surface area contributed by atoms with Crippen LogP contribution >= 0.6 is 0 Å². The van der Waals surface area contributed by atoms with Crippen molar-refractivity contribution in [2.45, 2.75) is 45.1 Å². The first-order valence-electron chi connectivity index (χ1n) is 6.05. The van der Waals surface area contributed by atoms with E-state index in [1.165, 1.54) is 7.11 Å². The zero-order chi connectivity index (χ0) is 12.9. The molecule has 2 unspecified atom stereocenters. The van der Waals surface area contributed by atoms with Crippen LogP contribution in [0, 0.1) is 5.92 Å². The number of hydrogen-bond donors (Lipinski definition) is 1. The molecule has 5 nitrogen and oxygen atoms in total. The van der Waals surface area contributed by atoms with Gasteiger partial charge in [-0.3, -0.25) is 4.79 Å². The number of hydrogen-bond acceptors (Lipinski definition) is 4. The van der Waals surface area contributed by atoms with Crippen LogP contribution in [0.4, 0.5) is 0 Å². The van der Waals surface area contributed by atoms with E-state index < -0.39 is 10.0 Å². The molecule has 0 aliphatic heterocycles. The van der Waals surface area contributed by atoms with Gasteiger partial charge in [-0.15, -0.1) is 0 Å². The molecule has 1 fully saturated rings. The van der Waals surface area contributed by atoms with Gasteiger partial charge in [0.05, 0.1) is 12.9 Å². The maximum Gasteiger partial charge on any atom is 0.305 e. The normalized spacial score (nSPS) is 23.4. The molecule has 1 aliphatic rings. The second-order valence-electron chi connectivity index (χ2n) is 4.51. The fourth-order valence-corrected chi connectivity index (χ4v) is 3.27. The molecule has 0 heterocycles. The SMILES string of the molecule is CCCC1CC1NS(=O)(=O)CCCC(=O)OC. The largest absolute Gasteiger partial charge is 0.469 e. The van der Waals surface area contributed by atoms with Crippen molar-refractivity contribution in [3.63, 3.8) is 0 Å². The zero-order valence-corrected chi connectivity index (χ0v) is 11.3. The van der Waals surface area contributed by atoms with Crippen molar-refractivity contribution >= 4 is 16.0 Å². The van der Waals surface area contributed by atoms with E-state index in [2.05, 4.69) is 16.4 Å². The molecule has 0 spiro atoms. The van der Waals surface area contributed by atoms with Gasteiger partial charge in [-0.1, -0.05) is 13.3 Å². The van der Waals surface area contributed by atoms with Crippen LogP contribution in [0.5, 0.6) is 0 Å². The average molecular weight is 263 g/mol. The van der Waals surface area contributed by atoms with E-state index in [0.29, 0.717) is 12.3 Å². The Labute approximate surface area is 103 Å². The van der Waals surface area contributed by atoms with Crippen molar-refractivity contribution in [2.24, 2.45) is 5.92 Å². The lowest BCUT2D eigenvalue weighted by Gasteiger charge is -2.05. The summed E-state index contributed by atoms with van der Waals surface area (Å²) >= 11 is 0. The fourth-order valence-electron chi connectivity index (χ4n) is 1.88. The van der Waals surface area contributed by atoms with Crippen LogP contribution in [0.3, 0.4) is 0 Å². The molecule has 1 saturated carbocycles. The summed E-state index contributed by atoms with van der Waals surface area (Å²) in [7, 11) is -1.93. The molecule has 0 aromatic rings. The first-order chi connectivity index (χ1) is 7.98. The van der Waals surface area contributed by atoms with Crippen LogP contribution in [0.15, 0.2) is 0 Å². The van der Waals surface area contributed by atoms with Crippen LogP contribution < -0.4 is 4.72 Å². The lowest BCUT2D eigenvalue weighted by Crippen LogP contribution is -2.29. The first-order valence-corrected chi connectivity index (χ1v) is 7.70. The van der Waals surface area contributed by atoms with E-state index in [9.17, 15) is 13.2 Å². The number of rotatable bonds is 8. The number of sulfonamides is 1. The van der Waals surface area contributed by atoms with E-state index in [-0.39, 0.29) is 24.2 Å². The maximum absolute atomic E-state index is 11.6. The Morgan fingerprint density at radius 1 is 1.47 bits per heavy atom. The third-order valence-electron chi connectivity index (χ3n) is 2.93. The van der Waals surface area contributed by atoms with Crippen molar-refractivity contribution in [1.82, 2.24) is 4.72 Å². The number of carbonyl (C=O) groups is 1. The van der Waals surface area contributed by atoms with Crippen LogP contribution in [0.1, 0.15) is 39.0 Å². The summed E-state index contributed by atoms with van der Waals surface area (Å²) in [6, 6.07) is 0.123. The van der Waals surface area contributed by atoms with Crippen LogP contribution in [0.2, 0.25) is 0 Å². The molecule has 0 bridgehead atoms. The van der Waals surface area contributed by atoms with E-state index >= 15 is 0 Å². The molecule has 0 aromatic heterocycles. The number of nitrogens with one attached hydrogen (secondary N) is 1. The van der Waals surface area contributed by atoms with Gasteiger partial charge in [0.15, 0.2) is 0 Å². The van der Waals surface area contributed by atoms with Crippen molar-refractivity contribution < 1.29 is 17.9 Å². The summed E-state index contributed by atoms with van der Waals surface area (Å²) < 4.78 is 30.4. The van der Waals surface area contributed by atoms with Gasteiger partial charge >= 0.3 is 5.97 Å². The molecule has 0 amide bonds. The molecule has 17 heavy (non-hydrogen) atoms. The number of carbonyl (C=O) groups excluding carboxylic acids is 1. The molecule has 1 aliphatic carbocycles. The number of ether oxygens (including phenoxy) is 1. The van der Waals surface area contributed by atoms with Crippen molar-refractivity contribution in [3.8, 4) is 0 Å². The van der Waals surface area contributed by atoms with E-state index in [1.807, 2.05) is 0 Å². The van der Waals surface area contributed by atoms with Gasteiger partial charge in [-0.25, -0.2) is 13.1 Å². The topological polar surface area (TPSA) is 72.5 Å². The monoisotopic (exact) mass is 263 g/mol. The van der Waals surface area contributed by atoms with Gasteiger partial charge in [-0.2, -0.15) is 0 Å². The van der Waals surface area contributed by atoms with E-state index in [1.54, 1.807) is 0 Å². The summed E-state index contributed by atoms with van der Waals surface area (Å²) in [5.74, 6) is 0.142. The van der Waals surface area contributed by atoms with Gasteiger partial charge in [-0.05, 0) is 25.2 Å². The molecule has 1 rings (SSSR count). The lowest BCUT2D eigenvalue weighted by molar-refractivity contribution is -0.140. The third kappa shape index (κ3) is 5.50. The van der Waals surface area contributed by atoms with Gasteiger partial charge < -0.3 is 4.74 Å². The Bertz CT molecular complexity index is 352. The highest BCUT2D eigenvalue weighted by Gasteiger charge is 2.38. The van der Waals surface area contributed by atoms with E-state index in [0.717, 1.165) is 19.3 Å². The Hall–Kier alpha value is -0.620. The van der Waals surface area contributed by atoms with Gasteiger partial charge in [0, 0.05) is 12.5 Å². The standard InChI is InChI=1S/C11H21NO4S/c1-3-5-9-8-10(9)12-17(14,15)7-4-6-11(13)16-2/h9-10,12H,3-8H2,1-2H3. The second-order valence-corrected chi connectivity index (χ2v) is 6.38. The van der Waals surface area contributed by atoms with Gasteiger partial charge in [0.25, 0.3) is 0 Å². The van der Waals surface area contributed by atoms with E-state index in [4.69, 9.17) is 0 Å². The fraction of sp³-hybridized carbons (Fsp3) is 0.909. The molecule has 6 heteroatoms. The summed E-state index contributed by atoms with van der Waals surface area (Å²) in [5, 5.41) is 0. The second kappa shape index (κ2) is 6.35. The van der Waals surface area contributed by atoms with Crippen LogP contribution in [-0.4, -0.2) is 33.3 Å².